The summed E-state index contributed by atoms with van der Waals surface area (Å²) in [6, 6.07) is 32.7. The summed E-state index contributed by atoms with van der Waals surface area (Å²) in [7, 11) is 0. The summed E-state index contributed by atoms with van der Waals surface area (Å²) >= 11 is 0. The first-order valence-electron chi connectivity index (χ1n) is 18.4. The van der Waals surface area contributed by atoms with E-state index in [1.54, 1.807) is 0 Å². The molecule has 53 heavy (non-hydrogen) atoms. The van der Waals surface area contributed by atoms with Gasteiger partial charge < -0.3 is 9.52 Å². The molecule has 0 atom stereocenters. The van der Waals surface area contributed by atoms with Crippen molar-refractivity contribution in [3.63, 3.8) is 0 Å². The number of hydrogen-bond acceptors (Lipinski definition) is 6. The summed E-state index contributed by atoms with van der Waals surface area (Å²) < 4.78 is 6.26. The third kappa shape index (κ3) is 7.69. The van der Waals surface area contributed by atoms with Crippen LogP contribution in [0.15, 0.2) is 101 Å². The van der Waals surface area contributed by atoms with E-state index in [0.29, 0.717) is 11.5 Å². The number of hydrogen-bond donors (Lipinski definition) is 1. The smallest absolute Gasteiger partial charge is 0.216 e. The number of fused-ring (bicyclic) bond motifs is 6. The molecule has 275 valence electrons. The van der Waals surface area contributed by atoms with Crippen LogP contribution in [-0.4, -0.2) is 25.8 Å². The third-order valence-electron chi connectivity index (χ3n) is 11.2. The Balaban J connectivity index is 0.000000259. The first-order valence-corrected chi connectivity index (χ1v) is 18.4. The molecule has 7 aromatic rings. The van der Waals surface area contributed by atoms with Crippen LogP contribution in [0.3, 0.4) is 0 Å². The first kappa shape index (κ1) is 39.5. The van der Waals surface area contributed by atoms with Crippen molar-refractivity contribution in [2.24, 2.45) is 10.8 Å². The summed E-state index contributed by atoms with van der Waals surface area (Å²) in [4.78, 5) is 26.5. The quantitative estimate of drug-likeness (QED) is 0.0672. The van der Waals surface area contributed by atoms with Crippen LogP contribution in [0.1, 0.15) is 78.7 Å². The first-order chi connectivity index (χ1) is 24.9. The molecular formula is C46H48IrN3O3-. The third-order valence-corrected chi connectivity index (χ3v) is 11.2. The topological polar surface area (TPSA) is 89.1 Å². The molecular weight excluding hydrogens is 835 g/mol. The number of nitrogens with zero attached hydrogens (tertiary/aromatic N) is 3. The largest absolute Gasteiger partial charge is 0.512 e. The van der Waals surface area contributed by atoms with Gasteiger partial charge in [-0.25, -0.2) is 9.97 Å². The average molecular weight is 883 g/mol. The van der Waals surface area contributed by atoms with Crippen molar-refractivity contribution in [2.45, 2.75) is 81.1 Å². The van der Waals surface area contributed by atoms with Gasteiger partial charge in [0, 0.05) is 59.2 Å². The van der Waals surface area contributed by atoms with Gasteiger partial charge in [0.05, 0.1) is 11.1 Å². The standard InChI is InChI=1S/C31H20N3O.C15H28O2.Ir/c1-18-11-14-25-24-9-6-10-27(30(24)35-31(25)32-18)29-26-16-13-22-17-21(20-7-4-3-5-8-20)12-15-23(22)28(26)33-19(2)34-29;1-7-14(5,8-2)12(16)11-13(17)15(6,9-3)10-4;/h3-9,11-17H,1-2H3;11,16H,7-10H2,1-6H3;/q-1;;/b;12-11-;. The molecule has 7 rings (SSSR count). The molecule has 0 fully saturated rings. The van der Waals surface area contributed by atoms with Gasteiger partial charge in [-0.15, -0.1) is 18.2 Å². The van der Waals surface area contributed by atoms with Crippen molar-refractivity contribution in [3.8, 4) is 22.4 Å². The van der Waals surface area contributed by atoms with E-state index < -0.39 is 0 Å². The van der Waals surface area contributed by atoms with Gasteiger partial charge in [0.1, 0.15) is 11.6 Å². The summed E-state index contributed by atoms with van der Waals surface area (Å²) in [5.41, 5.74) is 6.67. The monoisotopic (exact) mass is 883 g/mol. The van der Waals surface area contributed by atoms with Crippen LogP contribution in [-0.2, 0) is 24.9 Å². The second-order valence-electron chi connectivity index (χ2n) is 14.3. The number of benzene rings is 4. The Morgan fingerprint density at radius 1 is 0.755 bits per heavy atom. The molecule has 0 spiro atoms. The predicted octanol–water partition coefficient (Wildman–Crippen LogP) is 12.5. The minimum absolute atomic E-state index is 0. The van der Waals surface area contributed by atoms with Crippen LogP contribution in [0.2, 0.25) is 0 Å². The van der Waals surface area contributed by atoms with Crippen LogP contribution < -0.4 is 0 Å². The van der Waals surface area contributed by atoms with E-state index in [0.717, 1.165) is 80.7 Å². The van der Waals surface area contributed by atoms with Crippen LogP contribution in [0.5, 0.6) is 0 Å². The van der Waals surface area contributed by atoms with Crippen molar-refractivity contribution >= 4 is 49.5 Å². The van der Waals surface area contributed by atoms with Crippen LogP contribution >= 0.6 is 0 Å². The number of allylic oxidation sites excluding steroid dienone is 2. The van der Waals surface area contributed by atoms with E-state index in [-0.39, 0.29) is 42.5 Å². The second kappa shape index (κ2) is 16.1. The van der Waals surface area contributed by atoms with Gasteiger partial charge in [-0.05, 0) is 79.6 Å². The number of ketones is 1. The number of aromatic nitrogens is 3. The number of furan rings is 1. The Hall–Kier alpha value is -4.71. The maximum Gasteiger partial charge on any atom is 0.216 e. The molecule has 0 saturated carbocycles. The molecule has 0 bridgehead atoms. The molecule has 6 nitrogen and oxygen atoms in total. The molecule has 3 heterocycles. The van der Waals surface area contributed by atoms with Gasteiger partial charge in [0.15, 0.2) is 5.78 Å². The number of aryl methyl sites for hydroxylation is 2. The SMILES string of the molecule is CCC(C)(CC)C(=O)/C=C(\O)C(C)(CC)CC.Cc1ccc2c(n1)oc1c(-c3nc(C)nc4c3ccc3cc(-c5ccccc5)ccc34)[c-]ccc12.[Ir]. The molecule has 1 N–H and O–H groups in total. The summed E-state index contributed by atoms with van der Waals surface area (Å²) in [6.07, 6.45) is 4.75. The predicted molar refractivity (Wildman–Crippen MR) is 214 cm³/mol. The Bertz CT molecular complexity index is 2440. The fraction of sp³-hybridized carbons (Fsp3) is 0.304. The number of rotatable bonds is 9. The molecule has 3 aromatic heterocycles. The number of pyridine rings is 1. The van der Waals surface area contributed by atoms with Crippen molar-refractivity contribution in [2.75, 3.05) is 0 Å². The van der Waals surface area contributed by atoms with Gasteiger partial charge in [-0.2, -0.15) is 0 Å². The summed E-state index contributed by atoms with van der Waals surface area (Å²) in [5.74, 6) is 0.997. The van der Waals surface area contributed by atoms with Crippen molar-refractivity contribution in [1.29, 1.82) is 0 Å². The fourth-order valence-corrected chi connectivity index (χ4v) is 6.61. The number of aliphatic hydroxyl groups is 1. The van der Waals surface area contributed by atoms with E-state index in [2.05, 4.69) is 71.7 Å². The zero-order chi connectivity index (χ0) is 37.2. The molecule has 0 saturated heterocycles. The number of aliphatic hydroxyl groups excluding tert-OH is 1. The van der Waals surface area contributed by atoms with Crippen molar-refractivity contribution < 1.29 is 34.4 Å². The maximum absolute atomic E-state index is 12.2. The van der Waals surface area contributed by atoms with Gasteiger partial charge >= 0.3 is 0 Å². The Morgan fingerprint density at radius 3 is 2.09 bits per heavy atom. The zero-order valence-corrected chi connectivity index (χ0v) is 34.3. The van der Waals surface area contributed by atoms with Crippen molar-refractivity contribution in [1.82, 2.24) is 15.0 Å². The normalized spacial score (nSPS) is 12.2. The minimum Gasteiger partial charge on any atom is -0.512 e. The van der Waals surface area contributed by atoms with Crippen molar-refractivity contribution in [3.05, 3.63) is 114 Å². The molecule has 0 amide bonds. The molecule has 4 aromatic carbocycles. The van der Waals surface area contributed by atoms with Crippen LogP contribution in [0.25, 0.3) is 66.1 Å². The molecule has 0 aliphatic heterocycles. The van der Waals surface area contributed by atoms with Crippen LogP contribution in [0, 0.1) is 30.7 Å². The Labute approximate surface area is 326 Å². The molecule has 1 radical (unpaired) electrons. The van der Waals surface area contributed by atoms with Crippen LogP contribution in [0.4, 0.5) is 0 Å². The van der Waals surface area contributed by atoms with Gasteiger partial charge in [0.2, 0.25) is 5.71 Å². The molecule has 0 unspecified atom stereocenters. The minimum atomic E-state index is -0.337. The van der Waals surface area contributed by atoms with E-state index in [9.17, 15) is 9.90 Å². The van der Waals surface area contributed by atoms with E-state index in [1.165, 1.54) is 17.2 Å². The summed E-state index contributed by atoms with van der Waals surface area (Å²) in [6.45, 7) is 16.0. The van der Waals surface area contributed by atoms with Gasteiger partial charge in [-0.3, -0.25) is 9.78 Å². The van der Waals surface area contributed by atoms with E-state index in [4.69, 9.17) is 14.4 Å². The maximum atomic E-state index is 12.2. The van der Waals surface area contributed by atoms with Gasteiger partial charge in [-0.1, -0.05) is 107 Å². The summed E-state index contributed by atoms with van der Waals surface area (Å²) in [5, 5.41) is 15.4. The average Bonchev–Trinajstić information content (AvgIpc) is 3.54. The Kier molecular flexibility index (Phi) is 12.0. The second-order valence-corrected chi connectivity index (χ2v) is 14.3. The molecule has 0 aliphatic rings. The fourth-order valence-electron chi connectivity index (χ4n) is 6.61. The van der Waals surface area contributed by atoms with E-state index in [1.807, 2.05) is 79.7 Å². The Morgan fingerprint density at radius 2 is 1.42 bits per heavy atom. The zero-order valence-electron chi connectivity index (χ0n) is 31.9. The van der Waals surface area contributed by atoms with Gasteiger partial charge in [0.25, 0.3) is 0 Å². The molecule has 0 aliphatic carbocycles. The molecule has 7 heteroatoms. The number of carbonyl (C=O) groups excluding carboxylic acids is 1. The van der Waals surface area contributed by atoms with E-state index >= 15 is 0 Å². The number of carbonyl (C=O) groups is 1.